The molecule has 0 radical (unpaired) electrons. The number of oxime groups is 1. The minimum absolute atomic E-state index is 0.137. The van der Waals surface area contributed by atoms with E-state index in [2.05, 4.69) is 24.3 Å². The van der Waals surface area contributed by atoms with Gasteiger partial charge in [0.2, 0.25) is 0 Å². The summed E-state index contributed by atoms with van der Waals surface area (Å²) in [6.45, 7) is 7.76. The Bertz CT molecular complexity index is 985. The predicted octanol–water partition coefficient (Wildman–Crippen LogP) is 5.03. The predicted molar refractivity (Wildman–Crippen MR) is 144 cm³/mol. The first-order valence-electron chi connectivity index (χ1n) is 14.9. The maximum Gasteiger partial charge on any atom is 0.436 e. The van der Waals surface area contributed by atoms with Gasteiger partial charge in [0.15, 0.2) is 5.78 Å². The molecule has 5 rings (SSSR count). The van der Waals surface area contributed by atoms with Gasteiger partial charge in [-0.2, -0.15) is 0 Å². The molecule has 2 unspecified atom stereocenters. The maximum absolute atomic E-state index is 14.0. The van der Waals surface area contributed by atoms with Gasteiger partial charge in [-0.25, -0.2) is 9.18 Å². The number of ketones is 1. The average Bonchev–Trinajstić information content (AvgIpc) is 3.47. The van der Waals surface area contributed by atoms with Crippen LogP contribution in [0.1, 0.15) is 85.0 Å². The second-order valence-electron chi connectivity index (χ2n) is 13.1. The zero-order valence-corrected chi connectivity index (χ0v) is 23.4. The number of rotatable bonds is 7. The monoisotopic (exact) mass is 531 g/mol. The van der Waals surface area contributed by atoms with E-state index in [-0.39, 0.29) is 35.9 Å². The summed E-state index contributed by atoms with van der Waals surface area (Å²) in [6.07, 6.45) is 9.91. The molecule has 0 bridgehead atoms. The van der Waals surface area contributed by atoms with Crippen LogP contribution < -0.4 is 5.32 Å². The molecule has 1 aliphatic heterocycles. The van der Waals surface area contributed by atoms with Crippen molar-refractivity contribution >= 4 is 17.6 Å². The molecule has 0 aromatic heterocycles. The highest BCUT2D eigenvalue weighted by Gasteiger charge is 2.59. The van der Waals surface area contributed by atoms with Crippen LogP contribution in [0.25, 0.3) is 0 Å². The van der Waals surface area contributed by atoms with Crippen LogP contribution in [0.2, 0.25) is 0 Å². The van der Waals surface area contributed by atoms with E-state index in [9.17, 15) is 19.1 Å². The maximum atomic E-state index is 14.0. The van der Waals surface area contributed by atoms with Gasteiger partial charge in [0.1, 0.15) is 6.17 Å². The van der Waals surface area contributed by atoms with E-state index in [4.69, 9.17) is 4.84 Å². The van der Waals surface area contributed by atoms with Crippen molar-refractivity contribution in [3.8, 4) is 0 Å². The van der Waals surface area contributed by atoms with Crippen LogP contribution in [0.3, 0.4) is 0 Å². The summed E-state index contributed by atoms with van der Waals surface area (Å²) in [6, 6.07) is -0.262. The number of allylic oxidation sites excluding steroid dienone is 1. The Balaban J connectivity index is 1.23. The normalized spacial score (nSPS) is 40.7. The number of nitrogens with zero attached hydrogens (tertiary/aromatic N) is 2. The number of hydrogen-bond acceptors (Lipinski definition) is 6. The molecular weight excluding hydrogens is 485 g/mol. The van der Waals surface area contributed by atoms with Crippen LogP contribution in [0.15, 0.2) is 16.8 Å². The van der Waals surface area contributed by atoms with Crippen LogP contribution in [-0.2, 0) is 9.63 Å². The molecule has 1 saturated heterocycles. The molecule has 3 saturated carbocycles. The molecule has 4 aliphatic carbocycles. The largest absolute Gasteiger partial charge is 0.436 e. The molecule has 7 nitrogen and oxygen atoms in total. The Morgan fingerprint density at radius 2 is 1.97 bits per heavy atom. The van der Waals surface area contributed by atoms with Crippen LogP contribution in [-0.4, -0.2) is 66.0 Å². The number of halogens is 1. The van der Waals surface area contributed by atoms with E-state index in [0.717, 1.165) is 31.4 Å². The number of alkyl halides is 1. The minimum Gasteiger partial charge on any atom is -0.395 e. The zero-order chi connectivity index (χ0) is 27.1. The van der Waals surface area contributed by atoms with E-state index in [1.54, 1.807) is 0 Å². The first-order chi connectivity index (χ1) is 18.2. The molecule has 1 amide bonds. The summed E-state index contributed by atoms with van der Waals surface area (Å²) in [5.41, 5.74) is 2.58. The Labute approximate surface area is 226 Å². The zero-order valence-electron chi connectivity index (χ0n) is 23.4. The molecule has 212 valence electrons. The Hall–Kier alpha value is -1.80. The first-order valence-corrected chi connectivity index (χ1v) is 14.9. The minimum atomic E-state index is -0.900. The lowest BCUT2D eigenvalue weighted by molar-refractivity contribution is -0.117. The van der Waals surface area contributed by atoms with Crippen molar-refractivity contribution in [2.75, 3.05) is 26.2 Å². The van der Waals surface area contributed by atoms with Gasteiger partial charge in [-0.1, -0.05) is 24.6 Å². The number of carbonyl (C=O) groups is 2. The fourth-order valence-corrected chi connectivity index (χ4v) is 9.21. The molecule has 0 aromatic carbocycles. The highest BCUT2D eigenvalue weighted by Crippen LogP contribution is 2.66. The van der Waals surface area contributed by atoms with Crippen molar-refractivity contribution in [2.24, 2.45) is 39.7 Å². The van der Waals surface area contributed by atoms with Crippen LogP contribution >= 0.6 is 0 Å². The number of hydrogen-bond donors (Lipinski definition) is 2. The lowest BCUT2D eigenvalue weighted by Crippen LogP contribution is -2.51. The Kier molecular flexibility index (Phi) is 8.03. The van der Waals surface area contributed by atoms with Crippen molar-refractivity contribution < 1.29 is 23.9 Å². The highest BCUT2D eigenvalue weighted by atomic mass is 19.1. The topological polar surface area (TPSA) is 91.2 Å². The number of carbonyl (C=O) groups excluding carboxylic acids is 2. The fraction of sp³-hybridized carbons (Fsp3) is 0.833. The van der Waals surface area contributed by atoms with Gasteiger partial charge in [-0.05, 0) is 106 Å². The van der Waals surface area contributed by atoms with Gasteiger partial charge in [0.05, 0.1) is 12.3 Å². The van der Waals surface area contributed by atoms with Crippen LogP contribution in [0.5, 0.6) is 0 Å². The Morgan fingerprint density at radius 1 is 1.16 bits per heavy atom. The quantitative estimate of drug-likeness (QED) is 0.273. The second-order valence-corrected chi connectivity index (χ2v) is 13.1. The van der Waals surface area contributed by atoms with Crippen molar-refractivity contribution in [2.45, 2.75) is 97.2 Å². The molecule has 5 aliphatic rings. The summed E-state index contributed by atoms with van der Waals surface area (Å²) in [5, 5.41) is 16.9. The standard InChI is InChI=1S/C30H46FN3O4/c1-19(33-38-28(37)34(16-17-35)15-11-27-26(31)10-14-32-27)23-6-7-24-22-5-4-20-18-21(36)8-12-29(20,2)25(22)9-13-30(23,24)3/h18,22-27,32,35H,4-17H2,1-3H3/b33-19+/t22-,23+,24-,25-,26?,27?,29-,30+/m0/s1. The van der Waals surface area contributed by atoms with Gasteiger partial charge in [0.25, 0.3) is 0 Å². The van der Waals surface area contributed by atoms with Gasteiger partial charge in [-0.3, -0.25) is 9.63 Å². The average molecular weight is 532 g/mol. The molecule has 2 N–H and O–H groups in total. The number of aliphatic hydroxyl groups excluding tert-OH is 1. The summed E-state index contributed by atoms with van der Waals surface area (Å²) in [7, 11) is 0. The van der Waals surface area contributed by atoms with Gasteiger partial charge in [-0.15, -0.1) is 0 Å². The van der Waals surface area contributed by atoms with E-state index >= 15 is 0 Å². The van der Waals surface area contributed by atoms with E-state index in [1.165, 1.54) is 29.7 Å². The summed E-state index contributed by atoms with van der Waals surface area (Å²) >= 11 is 0. The van der Waals surface area contributed by atoms with Crippen LogP contribution in [0.4, 0.5) is 9.18 Å². The number of nitrogens with one attached hydrogen (secondary N) is 1. The molecule has 8 heteroatoms. The molecular formula is C30H46FN3O4. The van der Waals surface area contributed by atoms with Crippen LogP contribution in [0, 0.1) is 34.5 Å². The van der Waals surface area contributed by atoms with Crippen molar-refractivity contribution in [1.29, 1.82) is 0 Å². The molecule has 4 fully saturated rings. The fourth-order valence-electron chi connectivity index (χ4n) is 9.21. The Morgan fingerprint density at radius 3 is 2.71 bits per heavy atom. The summed E-state index contributed by atoms with van der Waals surface area (Å²) < 4.78 is 14.0. The summed E-state index contributed by atoms with van der Waals surface area (Å²) in [4.78, 5) is 31.8. The molecule has 0 aromatic rings. The van der Waals surface area contributed by atoms with E-state index < -0.39 is 12.3 Å². The lowest BCUT2D eigenvalue weighted by Gasteiger charge is -2.58. The van der Waals surface area contributed by atoms with Gasteiger partial charge < -0.3 is 15.3 Å². The smallest absolute Gasteiger partial charge is 0.395 e. The molecule has 8 atom stereocenters. The molecule has 1 heterocycles. The van der Waals surface area contributed by atoms with E-state index in [0.29, 0.717) is 55.9 Å². The number of fused-ring (bicyclic) bond motifs is 5. The van der Waals surface area contributed by atoms with Crippen molar-refractivity contribution in [3.05, 3.63) is 11.6 Å². The highest BCUT2D eigenvalue weighted by molar-refractivity contribution is 5.91. The van der Waals surface area contributed by atoms with E-state index in [1.807, 2.05) is 13.0 Å². The SMILES string of the molecule is C/C(=N\OC(=O)N(CCO)CCC1NCCC1F)[C@H]1CC[C@H]2[C@@H]3CCC4=CC(=O)CC[C@]4(C)[C@H]3CC[C@]12C. The number of amides is 1. The van der Waals surface area contributed by atoms with Gasteiger partial charge in [0, 0.05) is 31.5 Å². The second kappa shape index (κ2) is 11.0. The molecule has 0 spiro atoms. The molecule has 38 heavy (non-hydrogen) atoms. The van der Waals surface area contributed by atoms with Gasteiger partial charge >= 0.3 is 6.09 Å². The summed E-state index contributed by atoms with van der Waals surface area (Å²) in [5.74, 6) is 2.53. The third-order valence-electron chi connectivity index (χ3n) is 11.3. The lowest BCUT2D eigenvalue weighted by atomic mass is 9.46. The number of aliphatic hydroxyl groups is 1. The third kappa shape index (κ3) is 4.96. The first kappa shape index (κ1) is 27.8. The van der Waals surface area contributed by atoms with Crippen molar-refractivity contribution in [3.63, 3.8) is 0 Å². The third-order valence-corrected chi connectivity index (χ3v) is 11.3. The van der Waals surface area contributed by atoms with Crippen molar-refractivity contribution in [1.82, 2.24) is 10.2 Å².